The Morgan fingerprint density at radius 1 is 1.18 bits per heavy atom. The van der Waals surface area contributed by atoms with Crippen LogP contribution in [0.4, 0.5) is 13.2 Å². The molecule has 0 unspecified atom stereocenters. The lowest BCUT2D eigenvalue weighted by Gasteiger charge is -2.40. The third kappa shape index (κ3) is 4.84. The summed E-state index contributed by atoms with van der Waals surface area (Å²) in [4.78, 5) is 1.48. The first-order valence-electron chi connectivity index (χ1n) is 6.40. The fourth-order valence-electron chi connectivity index (χ4n) is 2.74. The highest BCUT2D eigenvalue weighted by Gasteiger charge is 2.36. The van der Waals surface area contributed by atoms with E-state index < -0.39 is 12.7 Å². The van der Waals surface area contributed by atoms with Crippen molar-refractivity contribution < 1.29 is 13.2 Å². The fraction of sp³-hybridized carbons (Fsp3) is 1.00. The van der Waals surface area contributed by atoms with Crippen molar-refractivity contribution in [1.29, 1.82) is 0 Å². The number of halogens is 3. The molecule has 17 heavy (non-hydrogen) atoms. The molecule has 1 fully saturated rings. The van der Waals surface area contributed by atoms with Gasteiger partial charge in [-0.3, -0.25) is 4.90 Å². The zero-order valence-electron chi connectivity index (χ0n) is 10.5. The number of hydrogen-bond acceptors (Lipinski definition) is 2. The number of nitrogens with two attached hydrogens (primary N) is 1. The van der Waals surface area contributed by atoms with Crippen molar-refractivity contribution in [3.63, 3.8) is 0 Å². The molecule has 2 N–H and O–H groups in total. The zero-order chi connectivity index (χ0) is 12.9. The molecule has 5 heteroatoms. The largest absolute Gasteiger partial charge is 0.401 e. The molecule has 0 atom stereocenters. The Hall–Kier alpha value is -0.290. The molecular weight excluding hydrogens is 229 g/mol. The smallest absolute Gasteiger partial charge is 0.330 e. The molecule has 0 heterocycles. The van der Waals surface area contributed by atoms with Gasteiger partial charge in [0.1, 0.15) is 0 Å². The Bertz CT molecular complexity index is 222. The van der Waals surface area contributed by atoms with Gasteiger partial charge in [-0.1, -0.05) is 26.2 Å². The molecule has 0 aliphatic heterocycles. The summed E-state index contributed by atoms with van der Waals surface area (Å²) >= 11 is 0. The normalized spacial score (nSPS) is 20.8. The van der Waals surface area contributed by atoms with Crippen molar-refractivity contribution in [1.82, 2.24) is 4.90 Å². The molecule has 1 aliphatic rings. The molecule has 1 saturated carbocycles. The van der Waals surface area contributed by atoms with Gasteiger partial charge in [0, 0.05) is 6.54 Å². The summed E-state index contributed by atoms with van der Waals surface area (Å²) in [7, 11) is 0. The number of rotatable bonds is 5. The Morgan fingerprint density at radius 2 is 1.76 bits per heavy atom. The van der Waals surface area contributed by atoms with Crippen LogP contribution in [0, 0.1) is 5.41 Å². The van der Waals surface area contributed by atoms with E-state index >= 15 is 0 Å². The Morgan fingerprint density at radius 3 is 2.18 bits per heavy atom. The minimum absolute atomic E-state index is 0.0838. The van der Waals surface area contributed by atoms with Crippen molar-refractivity contribution >= 4 is 0 Å². The Balaban J connectivity index is 2.58. The standard InChI is InChI=1S/C12H23F3N2/c1-2-17(10-12(13,14)15)9-11(8-16)6-4-3-5-7-11/h2-10,16H2,1H3. The predicted octanol–water partition coefficient (Wildman–Crippen LogP) is 2.78. The van der Waals surface area contributed by atoms with Crippen LogP contribution in [-0.2, 0) is 0 Å². The molecule has 0 aromatic heterocycles. The first-order chi connectivity index (χ1) is 7.91. The van der Waals surface area contributed by atoms with Crippen LogP contribution >= 0.6 is 0 Å². The van der Waals surface area contributed by atoms with Crippen LogP contribution in [0.3, 0.4) is 0 Å². The second-order valence-electron chi connectivity index (χ2n) is 5.18. The summed E-state index contributed by atoms with van der Waals surface area (Å²) in [6, 6.07) is 0. The van der Waals surface area contributed by atoms with Crippen molar-refractivity contribution in [3.05, 3.63) is 0 Å². The number of hydrogen-bond donors (Lipinski definition) is 1. The maximum absolute atomic E-state index is 12.4. The van der Waals surface area contributed by atoms with Gasteiger partial charge in [0.15, 0.2) is 0 Å². The summed E-state index contributed by atoms with van der Waals surface area (Å²) in [6.07, 6.45) is 1.21. The summed E-state index contributed by atoms with van der Waals surface area (Å²) in [5.41, 5.74) is 5.71. The Kier molecular flexibility index (Phi) is 5.25. The van der Waals surface area contributed by atoms with E-state index in [1.165, 1.54) is 11.3 Å². The van der Waals surface area contributed by atoms with Gasteiger partial charge in [-0.15, -0.1) is 0 Å². The summed E-state index contributed by atoms with van der Waals surface area (Å²) in [5.74, 6) is 0. The first-order valence-corrected chi connectivity index (χ1v) is 6.40. The lowest BCUT2D eigenvalue weighted by atomic mass is 9.73. The third-order valence-corrected chi connectivity index (χ3v) is 3.76. The van der Waals surface area contributed by atoms with E-state index in [1.807, 2.05) is 0 Å². The zero-order valence-corrected chi connectivity index (χ0v) is 10.5. The molecule has 1 rings (SSSR count). The molecule has 102 valence electrons. The number of alkyl halides is 3. The van der Waals surface area contributed by atoms with Gasteiger partial charge >= 0.3 is 6.18 Å². The summed E-state index contributed by atoms with van der Waals surface area (Å²) in [6.45, 7) is 2.38. The van der Waals surface area contributed by atoms with Crippen LogP contribution in [0.2, 0.25) is 0 Å². The lowest BCUT2D eigenvalue weighted by molar-refractivity contribution is -0.149. The number of nitrogens with zero attached hydrogens (tertiary/aromatic N) is 1. The second-order valence-corrected chi connectivity index (χ2v) is 5.18. The first kappa shape index (κ1) is 14.8. The molecule has 0 amide bonds. The molecule has 0 radical (unpaired) electrons. The van der Waals surface area contributed by atoms with Gasteiger partial charge in [-0.05, 0) is 31.3 Å². The van der Waals surface area contributed by atoms with Gasteiger partial charge in [0.05, 0.1) is 6.54 Å². The van der Waals surface area contributed by atoms with E-state index in [1.54, 1.807) is 6.92 Å². The summed E-state index contributed by atoms with van der Waals surface area (Å²) in [5, 5.41) is 0. The van der Waals surface area contributed by atoms with E-state index in [9.17, 15) is 13.2 Å². The van der Waals surface area contributed by atoms with Crippen LogP contribution < -0.4 is 5.73 Å². The molecule has 0 aromatic carbocycles. The maximum atomic E-state index is 12.4. The van der Waals surface area contributed by atoms with Gasteiger partial charge < -0.3 is 5.73 Å². The van der Waals surface area contributed by atoms with Gasteiger partial charge in [0.2, 0.25) is 0 Å². The second kappa shape index (κ2) is 6.05. The predicted molar refractivity (Wildman–Crippen MR) is 62.7 cm³/mol. The quantitative estimate of drug-likeness (QED) is 0.815. The topological polar surface area (TPSA) is 29.3 Å². The highest BCUT2D eigenvalue weighted by molar-refractivity contribution is 4.87. The minimum Gasteiger partial charge on any atom is -0.330 e. The SMILES string of the molecule is CCN(CC(F)(F)F)CC1(CN)CCCCC1. The van der Waals surface area contributed by atoms with E-state index in [-0.39, 0.29) is 5.41 Å². The molecule has 1 aliphatic carbocycles. The fourth-order valence-corrected chi connectivity index (χ4v) is 2.74. The van der Waals surface area contributed by atoms with Gasteiger partial charge in [0.25, 0.3) is 0 Å². The summed E-state index contributed by atoms with van der Waals surface area (Å²) < 4.78 is 37.2. The maximum Gasteiger partial charge on any atom is 0.401 e. The highest BCUT2D eigenvalue weighted by Crippen LogP contribution is 2.36. The molecule has 2 nitrogen and oxygen atoms in total. The van der Waals surface area contributed by atoms with Crippen molar-refractivity contribution in [3.8, 4) is 0 Å². The highest BCUT2D eigenvalue weighted by atomic mass is 19.4. The Labute approximate surface area is 101 Å². The molecule has 0 aromatic rings. The monoisotopic (exact) mass is 252 g/mol. The van der Waals surface area contributed by atoms with E-state index in [4.69, 9.17) is 5.73 Å². The van der Waals surface area contributed by atoms with Gasteiger partial charge in [-0.2, -0.15) is 13.2 Å². The van der Waals surface area contributed by atoms with E-state index in [0.29, 0.717) is 19.6 Å². The third-order valence-electron chi connectivity index (χ3n) is 3.76. The van der Waals surface area contributed by atoms with Crippen LogP contribution in [0.15, 0.2) is 0 Å². The van der Waals surface area contributed by atoms with E-state index in [0.717, 1.165) is 25.7 Å². The van der Waals surface area contributed by atoms with E-state index in [2.05, 4.69) is 0 Å². The average molecular weight is 252 g/mol. The molecular formula is C12H23F3N2. The lowest BCUT2D eigenvalue weighted by Crippen LogP contribution is -2.46. The van der Waals surface area contributed by atoms with Crippen LogP contribution in [-0.4, -0.2) is 37.3 Å². The van der Waals surface area contributed by atoms with Crippen LogP contribution in [0.1, 0.15) is 39.0 Å². The molecule has 0 spiro atoms. The van der Waals surface area contributed by atoms with Crippen molar-refractivity contribution in [2.75, 3.05) is 26.2 Å². The van der Waals surface area contributed by atoms with Crippen LogP contribution in [0.5, 0.6) is 0 Å². The average Bonchev–Trinajstić information content (AvgIpc) is 2.27. The van der Waals surface area contributed by atoms with Crippen molar-refractivity contribution in [2.45, 2.75) is 45.2 Å². The van der Waals surface area contributed by atoms with Crippen LogP contribution in [0.25, 0.3) is 0 Å². The van der Waals surface area contributed by atoms with Crippen molar-refractivity contribution in [2.24, 2.45) is 11.1 Å². The molecule has 0 saturated heterocycles. The van der Waals surface area contributed by atoms with Gasteiger partial charge in [-0.25, -0.2) is 0 Å². The molecule has 0 bridgehead atoms. The minimum atomic E-state index is -4.11.